The molecule has 0 bridgehead atoms. The molecule has 0 spiro atoms. The number of aromatic nitrogens is 10. The molecular weight excluding hydrogens is 1000 g/mol. The molecule has 5 aromatic rings. The summed E-state index contributed by atoms with van der Waals surface area (Å²) >= 11 is 0. The molecule has 408 valence electrons. The number of amides is 5. The summed E-state index contributed by atoms with van der Waals surface area (Å²) in [5, 5.41) is 16.9. The number of primary amides is 1. The van der Waals surface area contributed by atoms with E-state index < -0.39 is 84.2 Å². The Hall–Kier alpha value is -10.3. The average molecular weight is 1060 g/mol. The molecule has 18 N–H and O–H groups in total. The van der Waals surface area contributed by atoms with Gasteiger partial charge in [-0.05, 0) is 30.3 Å². The second kappa shape index (κ2) is 27.0. The summed E-state index contributed by atoms with van der Waals surface area (Å²) in [6.07, 6.45) is 6.42. The van der Waals surface area contributed by atoms with Crippen molar-refractivity contribution in [1.29, 1.82) is 0 Å². The minimum Gasteiger partial charge on any atom is -0.383 e. The van der Waals surface area contributed by atoms with Crippen molar-refractivity contribution < 1.29 is 24.0 Å². The number of rotatable bonds is 29. The Bertz CT molecular complexity index is 3160. The Kier molecular flexibility index (Phi) is 20.1. The maximum Gasteiger partial charge on any atom is 0.368 e. The van der Waals surface area contributed by atoms with Gasteiger partial charge in [-0.15, -0.1) is 0 Å². The monoisotopic (exact) mass is 1060 g/mol. The fraction of sp³-hybridized carbons (Fsp3) is 0.375. The maximum atomic E-state index is 13.5. The van der Waals surface area contributed by atoms with E-state index in [0.29, 0.717) is 0 Å². The Balaban J connectivity index is 1.20. The average Bonchev–Trinajstić information content (AvgIpc) is 3.33. The quantitative estimate of drug-likeness (QED) is 0.0212. The zero-order valence-electron chi connectivity index (χ0n) is 40.7. The van der Waals surface area contributed by atoms with Crippen molar-refractivity contribution >= 4 is 58.6 Å². The number of nitrogens with one attached hydrogen (secondary N) is 4. The number of nitrogens with two attached hydrogens (primary N) is 7. The van der Waals surface area contributed by atoms with Gasteiger partial charge in [-0.3, -0.25) is 49.0 Å². The fourth-order valence-electron chi connectivity index (χ4n) is 6.95. The highest BCUT2D eigenvalue weighted by molar-refractivity contribution is 5.81. The van der Waals surface area contributed by atoms with Gasteiger partial charge in [-0.2, -0.15) is 24.9 Å². The summed E-state index contributed by atoms with van der Waals surface area (Å²) in [5.74, 6) is -3.67. The van der Waals surface area contributed by atoms with E-state index in [0.717, 1.165) is 23.4 Å². The number of nitrogens with zero attached hydrogens (tertiary/aromatic N) is 15. The molecule has 5 heterocycles. The van der Waals surface area contributed by atoms with Crippen LogP contribution in [0.4, 0.5) is 29.1 Å². The van der Waals surface area contributed by atoms with Crippen molar-refractivity contribution in [1.82, 2.24) is 69.6 Å². The fourth-order valence-corrected chi connectivity index (χ4v) is 6.95. The summed E-state index contributed by atoms with van der Waals surface area (Å²) in [6, 6.07) is 6.63. The van der Waals surface area contributed by atoms with E-state index in [1.807, 2.05) is 0 Å². The third-order valence-corrected chi connectivity index (χ3v) is 10.4. The smallest absolute Gasteiger partial charge is 0.368 e. The Morgan fingerprint density at radius 3 is 0.789 bits per heavy atom. The third kappa shape index (κ3) is 16.9. The highest BCUT2D eigenvalue weighted by Crippen LogP contribution is 1.98. The van der Waals surface area contributed by atoms with Crippen molar-refractivity contribution in [3.63, 3.8) is 0 Å². The highest BCUT2D eigenvalue weighted by Gasteiger charge is 2.20. The molecule has 0 radical (unpaired) electrons. The van der Waals surface area contributed by atoms with Gasteiger partial charge in [0.25, 0.3) is 0 Å². The predicted octanol–water partition coefficient (Wildman–Crippen LogP) is -11.2. The number of anilines is 5. The first-order valence-electron chi connectivity index (χ1n) is 22.8. The largest absolute Gasteiger partial charge is 0.383 e. The molecule has 0 fully saturated rings. The summed E-state index contributed by atoms with van der Waals surface area (Å²) in [6.45, 7) is -3.22. The van der Waals surface area contributed by atoms with Crippen molar-refractivity contribution in [2.24, 2.45) is 11.5 Å². The molecule has 0 aliphatic carbocycles. The van der Waals surface area contributed by atoms with Crippen LogP contribution in [0.1, 0.15) is 0 Å². The number of hydrogen-bond donors (Lipinski definition) is 11. The second-order valence-corrected chi connectivity index (χ2v) is 16.0. The van der Waals surface area contributed by atoms with Crippen molar-refractivity contribution in [3.8, 4) is 0 Å². The lowest BCUT2D eigenvalue weighted by Crippen LogP contribution is -2.54. The summed E-state index contributed by atoms with van der Waals surface area (Å²) in [7, 11) is 0. The molecule has 5 aromatic heterocycles. The number of carbonyl (C=O) groups is 5. The van der Waals surface area contributed by atoms with Gasteiger partial charge in [-0.25, -0.2) is 47.4 Å². The van der Waals surface area contributed by atoms with Crippen LogP contribution in [-0.4, -0.2) is 176 Å². The molecule has 0 unspecified atom stereocenters. The SMILES string of the molecule is NCCN(CC(=O)NCCN(CC(=O)NCCN(CC(=O)NCCN(CC(=O)NCCN(CC(N)=O)n1ccc(N)nc1=O)n1ccc(N)nc1=O)n1ccc(N)nc1=O)n1ccc(N)nc1=O)n1ccc(N)nc1=O. The molecule has 0 saturated heterocycles. The summed E-state index contributed by atoms with van der Waals surface area (Å²) < 4.78 is 5.10. The van der Waals surface area contributed by atoms with Gasteiger partial charge in [0.15, 0.2) is 0 Å². The highest BCUT2D eigenvalue weighted by atomic mass is 16.2. The first-order chi connectivity index (χ1) is 36.2. The van der Waals surface area contributed by atoms with Crippen LogP contribution in [0.2, 0.25) is 0 Å². The topological polar surface area (TPSA) is 506 Å². The Morgan fingerprint density at radius 1 is 0.382 bits per heavy atom. The van der Waals surface area contributed by atoms with Crippen molar-refractivity contribution in [3.05, 3.63) is 114 Å². The van der Waals surface area contributed by atoms with Gasteiger partial charge in [0.2, 0.25) is 29.5 Å². The summed E-state index contributed by atoms with van der Waals surface area (Å²) in [4.78, 5) is 147. The lowest BCUT2D eigenvalue weighted by Gasteiger charge is -2.28. The van der Waals surface area contributed by atoms with E-state index in [-0.39, 0.29) is 101 Å². The van der Waals surface area contributed by atoms with Crippen LogP contribution in [0.15, 0.2) is 85.3 Å². The van der Waals surface area contributed by atoms with Crippen LogP contribution in [-0.2, 0) is 24.0 Å². The number of hydrogen-bond acceptors (Lipinski definition) is 26. The van der Waals surface area contributed by atoms with Crippen molar-refractivity contribution in [2.75, 3.05) is 152 Å². The van der Waals surface area contributed by atoms with Gasteiger partial charge in [0.05, 0.1) is 26.2 Å². The molecule has 0 atom stereocenters. The first-order valence-corrected chi connectivity index (χ1v) is 22.8. The van der Waals surface area contributed by atoms with Crippen LogP contribution < -0.4 is 115 Å². The molecule has 0 saturated carbocycles. The minimum absolute atomic E-state index is 0.0154. The Morgan fingerprint density at radius 2 is 0.592 bits per heavy atom. The number of nitrogen functional groups attached to an aromatic ring is 5. The molecule has 0 aromatic carbocycles. The zero-order chi connectivity index (χ0) is 55.5. The first kappa shape index (κ1) is 56.6. The Labute approximate surface area is 428 Å². The molecule has 5 rings (SSSR count). The normalized spacial score (nSPS) is 10.8. The van der Waals surface area contributed by atoms with Crippen LogP contribution in [0.3, 0.4) is 0 Å². The predicted molar refractivity (Wildman–Crippen MR) is 275 cm³/mol. The second-order valence-electron chi connectivity index (χ2n) is 16.0. The molecule has 36 heteroatoms. The van der Waals surface area contributed by atoms with Gasteiger partial charge < -0.3 is 61.4 Å². The van der Waals surface area contributed by atoms with Crippen LogP contribution in [0.25, 0.3) is 0 Å². The lowest BCUT2D eigenvalue weighted by atomic mass is 10.4. The molecule has 36 nitrogen and oxygen atoms in total. The van der Waals surface area contributed by atoms with Crippen molar-refractivity contribution in [2.45, 2.75) is 0 Å². The minimum atomic E-state index is -0.867. The molecule has 0 aliphatic rings. The molecule has 5 amide bonds. The van der Waals surface area contributed by atoms with E-state index in [2.05, 4.69) is 46.2 Å². The van der Waals surface area contributed by atoms with Gasteiger partial charge in [0, 0.05) is 70.3 Å². The van der Waals surface area contributed by atoms with Crippen LogP contribution >= 0.6 is 0 Å². The maximum absolute atomic E-state index is 13.5. The van der Waals surface area contributed by atoms with E-state index in [4.69, 9.17) is 40.1 Å². The molecular formula is C40H58N26O10. The summed E-state index contributed by atoms with van der Waals surface area (Å²) in [5.41, 5.74) is 35.2. The molecule has 0 aliphatic heterocycles. The van der Waals surface area contributed by atoms with Gasteiger partial charge >= 0.3 is 28.4 Å². The van der Waals surface area contributed by atoms with E-state index >= 15 is 0 Å². The number of carbonyl (C=O) groups excluding carboxylic acids is 5. The van der Waals surface area contributed by atoms with E-state index in [1.165, 1.54) is 86.4 Å². The van der Waals surface area contributed by atoms with Crippen LogP contribution in [0.5, 0.6) is 0 Å². The standard InChI is InChI=1S/C40H58N26O10/c41-6-16-57(62-11-1-26(42)52-36(62)72)22-32(68)49-8-18-59(64-13-3-28(44)54-38(64)74)24-34(70)51-10-20-61(66-15-5-30(46)56-40(66)76)25-35(71)50-9-19-60(65-14-4-29(45)55-39(65)75)23-33(69)48-7-17-58(21-31(47)67)63-12-2-27(43)53-37(63)73/h1-5,11-15H,6-10,16-25,41H2,(H2,47,67)(H,48,69)(H,49,68)(H,50,71)(H,51,70)(H2,42,52,72)(H2,43,53,73)(H2,44,54,74)(H2,45,55,75)(H2,46,56,76). The van der Waals surface area contributed by atoms with E-state index in [9.17, 15) is 47.9 Å². The third-order valence-electron chi connectivity index (χ3n) is 10.4. The van der Waals surface area contributed by atoms with E-state index in [1.54, 1.807) is 0 Å². The lowest BCUT2D eigenvalue weighted by molar-refractivity contribution is -0.121. The van der Waals surface area contributed by atoms with Gasteiger partial charge in [-0.1, -0.05) is 0 Å². The van der Waals surface area contributed by atoms with Crippen LogP contribution in [0, 0.1) is 0 Å². The zero-order valence-corrected chi connectivity index (χ0v) is 40.7. The van der Waals surface area contributed by atoms with Gasteiger partial charge in [0.1, 0.15) is 61.8 Å². The molecule has 76 heavy (non-hydrogen) atoms.